The highest BCUT2D eigenvalue weighted by molar-refractivity contribution is 7.10. The Balaban J connectivity index is 0.919. The number of carbonyl (C=O) groups is 11. The molecule has 2 aliphatic heterocycles. The van der Waals surface area contributed by atoms with Gasteiger partial charge < -0.3 is 101 Å². The molecule has 2 fully saturated rings. The molecule has 2 aliphatic rings. The number of amides is 10. The first-order valence-electron chi connectivity index (χ1n) is 35.1. The maximum Gasteiger partial charge on any atom is 0.326 e. The van der Waals surface area contributed by atoms with Gasteiger partial charge in [0.15, 0.2) is 17.9 Å². The number of aliphatic carboxylic acids is 1. The highest BCUT2D eigenvalue weighted by atomic mass is 32.1. The van der Waals surface area contributed by atoms with E-state index in [1.165, 1.54) is 27.6 Å². The normalized spacial score (nSPS) is 16.6. The quantitative estimate of drug-likeness (QED) is 0.00924. The summed E-state index contributed by atoms with van der Waals surface area (Å²) >= 11 is 2.51. The van der Waals surface area contributed by atoms with Gasteiger partial charge in [-0.2, -0.15) is 0 Å². The van der Waals surface area contributed by atoms with Crippen LogP contribution in [0.25, 0.3) is 21.5 Å². The summed E-state index contributed by atoms with van der Waals surface area (Å²) in [5, 5.41) is 90.3. The zero-order valence-corrected chi connectivity index (χ0v) is 60.4. The topological polar surface area (TPSA) is 537 Å². The number of carboxylic acids is 1. The number of aliphatic hydroxyl groups is 2. The molecule has 8 rings (SSSR count). The van der Waals surface area contributed by atoms with Crippen LogP contribution >= 0.6 is 22.7 Å². The molecule has 4 aromatic carbocycles. The smallest absolute Gasteiger partial charge is 0.326 e. The monoisotopic (exact) mass is 1510 g/mol. The van der Waals surface area contributed by atoms with E-state index < -0.39 is 139 Å². The molecule has 23 N–H and O–H groups in total. The molecular weight excluding hydrogens is 1420 g/mol. The predicted octanol–water partition coefficient (Wildman–Crippen LogP) is -1.28. The molecule has 33 nitrogen and oxygen atoms in total. The maximum atomic E-state index is 14.9. The number of β-amino-alcohol motifs (C(OH)–C–C–N with tert-alkyl or cyclic N) is 1. The van der Waals surface area contributed by atoms with E-state index in [2.05, 4.69) is 58.5 Å². The second-order valence-electron chi connectivity index (χ2n) is 26.0. The summed E-state index contributed by atoms with van der Waals surface area (Å²) in [6.45, 7) is -1.63. The van der Waals surface area contributed by atoms with Crippen molar-refractivity contribution in [3.63, 3.8) is 0 Å². The third-order valence-electron chi connectivity index (χ3n) is 18.2. The average molecular weight is 1510 g/mol. The summed E-state index contributed by atoms with van der Waals surface area (Å²) in [5.74, 6) is -10.4. The molecule has 0 radical (unpaired) electrons. The first kappa shape index (κ1) is 81.4. The van der Waals surface area contributed by atoms with Gasteiger partial charge in [-0.05, 0) is 113 Å². The Labute approximate surface area is 624 Å². The van der Waals surface area contributed by atoms with E-state index in [1.807, 2.05) is 54.6 Å². The average Bonchev–Trinajstić information content (AvgIpc) is 1.77. The Morgan fingerprint density at radius 1 is 0.514 bits per heavy atom. The number of nitrogens with one attached hydrogen (secondary N) is 14. The van der Waals surface area contributed by atoms with Gasteiger partial charge >= 0.3 is 5.97 Å². The van der Waals surface area contributed by atoms with Crippen molar-refractivity contribution in [1.29, 1.82) is 16.2 Å². The lowest BCUT2D eigenvalue weighted by molar-refractivity contribution is -0.148. The van der Waals surface area contributed by atoms with E-state index in [1.54, 1.807) is 65.4 Å². The summed E-state index contributed by atoms with van der Waals surface area (Å²) in [5.41, 5.74) is 17.8. The summed E-state index contributed by atoms with van der Waals surface area (Å²) in [4.78, 5) is 160. The van der Waals surface area contributed by atoms with Gasteiger partial charge in [-0.1, -0.05) is 91.0 Å². The van der Waals surface area contributed by atoms with Gasteiger partial charge in [0, 0.05) is 68.2 Å². The number of likely N-dealkylation sites (tertiary alicyclic amines) is 2. The highest BCUT2D eigenvalue weighted by Crippen LogP contribution is 2.30. The SMILES string of the molecule is N=C(N)NCCC[C@H](NC(=O)[C@H](Cc1cccs1)NC(=O)[C@@H](Cc1ccccc1)NC(=O)[C@H](CO)NC(=O)[C@H](Cc1cccs1)NC(=O)CNC(=O)[C@@H]1CC(O)CN1C(=O)[C@@H]1CCCN1C(=O)[C@H](CCCNC(=N)N)NC(=O)[C@@H](CCCNC(=N)N)NC(=O)Cc1c2ccccc2cc2ccccc12)C(=O)O. The summed E-state index contributed by atoms with van der Waals surface area (Å²) in [6.07, 6.45) is -0.937. The number of thiophene rings is 2. The molecule has 2 aromatic heterocycles. The number of fused-ring (bicyclic) bond motifs is 2. The van der Waals surface area contributed by atoms with Crippen LogP contribution in [0.15, 0.2) is 120 Å². The predicted molar refractivity (Wildman–Crippen MR) is 401 cm³/mol. The van der Waals surface area contributed by atoms with Crippen LogP contribution in [-0.2, 0) is 78.4 Å². The van der Waals surface area contributed by atoms with Gasteiger partial charge in [-0.3, -0.25) is 64.2 Å². The molecule has 10 atom stereocenters. The van der Waals surface area contributed by atoms with Crippen LogP contribution in [0.2, 0.25) is 0 Å². The standard InChI is InChI=1S/C72H93N19O14S2/c73-70(74)79-26-8-22-50(83-59(94)37-49-47-20-6-4-16-42(47)33-43-17-5-7-21-48(43)49)61(96)85-51(23-9-27-80-71(75)76)67(102)90-29-11-25-57(90)68(103)91-39-44(93)34-58(91)66(101)82-38-60(95)84-54(35-45-18-12-30-106-45)63(98)89-56(40-92)65(100)87-53(32-41-14-2-1-3-15-41)62(97)88-55(36-46-19-13-31-107-46)64(99)86-52(69(104)105)24-10-28-81-72(77)78/h1-7,12-21,30-31,33,44,50-58,92-93H,8-11,22-29,32,34-40H2,(H,82,101)(H,83,94)(H,84,95)(H,85,96)(H,86,99)(H,87,100)(H,88,97)(H,89,98)(H,104,105)(H4,73,74,79)(H4,75,76,80)(H4,77,78,81)/t44?,50-,51+,52+,53-,54+,55+,56+,57+,58+/m1/s1. The van der Waals surface area contributed by atoms with Crippen LogP contribution in [0.3, 0.4) is 0 Å². The summed E-state index contributed by atoms with van der Waals surface area (Å²) in [7, 11) is 0. The lowest BCUT2D eigenvalue weighted by Crippen LogP contribution is -2.60. The Kier molecular flexibility index (Phi) is 30.6. The minimum absolute atomic E-state index is 0.0240. The van der Waals surface area contributed by atoms with Crippen molar-refractivity contribution >= 4 is 127 Å². The van der Waals surface area contributed by atoms with Crippen molar-refractivity contribution in [3.8, 4) is 0 Å². The molecule has 4 heterocycles. The van der Waals surface area contributed by atoms with Crippen molar-refractivity contribution in [2.24, 2.45) is 17.2 Å². The van der Waals surface area contributed by atoms with E-state index in [4.69, 9.17) is 33.4 Å². The number of aliphatic hydroxyl groups excluding tert-OH is 2. The van der Waals surface area contributed by atoms with Gasteiger partial charge in [0.1, 0.15) is 54.4 Å². The van der Waals surface area contributed by atoms with Crippen LogP contribution < -0.4 is 75.7 Å². The lowest BCUT2D eigenvalue weighted by atomic mass is 9.94. The fraction of sp³-hybridized carbons (Fsp3) is 0.417. The second kappa shape index (κ2) is 40.3. The van der Waals surface area contributed by atoms with Crippen molar-refractivity contribution in [3.05, 3.63) is 141 Å². The van der Waals surface area contributed by atoms with Crippen LogP contribution in [0, 0.1) is 16.2 Å². The van der Waals surface area contributed by atoms with Gasteiger partial charge in [-0.25, -0.2) is 4.79 Å². The van der Waals surface area contributed by atoms with E-state index in [0.717, 1.165) is 32.0 Å². The number of nitrogens with zero attached hydrogens (tertiary/aromatic N) is 2. The molecule has 35 heteroatoms. The first-order valence-corrected chi connectivity index (χ1v) is 36.8. The molecule has 572 valence electrons. The van der Waals surface area contributed by atoms with E-state index in [9.17, 15) is 68.1 Å². The van der Waals surface area contributed by atoms with Crippen molar-refractivity contribution < 1.29 is 68.1 Å². The Morgan fingerprint density at radius 3 is 1.51 bits per heavy atom. The minimum atomic E-state index is -1.75. The molecule has 0 bridgehead atoms. The summed E-state index contributed by atoms with van der Waals surface area (Å²) in [6, 6.07) is 20.0. The van der Waals surface area contributed by atoms with Gasteiger partial charge in [0.25, 0.3) is 0 Å². The molecule has 1 unspecified atom stereocenters. The van der Waals surface area contributed by atoms with E-state index >= 15 is 0 Å². The Hall–Kier alpha value is -11.3. The Morgan fingerprint density at radius 2 is 0.981 bits per heavy atom. The number of benzene rings is 4. The number of hydrogen-bond acceptors (Lipinski definition) is 18. The zero-order valence-electron chi connectivity index (χ0n) is 58.7. The molecule has 10 amide bonds. The van der Waals surface area contributed by atoms with Gasteiger partial charge in [0.2, 0.25) is 59.1 Å². The number of nitrogens with two attached hydrogens (primary N) is 3. The van der Waals surface area contributed by atoms with E-state index in [-0.39, 0.29) is 128 Å². The van der Waals surface area contributed by atoms with E-state index in [0.29, 0.717) is 21.7 Å². The molecule has 2 saturated heterocycles. The first-order chi connectivity index (χ1) is 51.3. The summed E-state index contributed by atoms with van der Waals surface area (Å²) < 4.78 is 0. The van der Waals surface area contributed by atoms with Crippen LogP contribution in [-0.4, -0.2) is 214 Å². The lowest BCUT2D eigenvalue weighted by Gasteiger charge is -2.33. The third kappa shape index (κ3) is 24.4. The second-order valence-corrected chi connectivity index (χ2v) is 28.1. The van der Waals surface area contributed by atoms with Crippen molar-refractivity contribution in [2.45, 2.75) is 144 Å². The number of guanidine groups is 3. The van der Waals surface area contributed by atoms with Gasteiger partial charge in [0.05, 0.1) is 25.7 Å². The minimum Gasteiger partial charge on any atom is -0.480 e. The number of rotatable bonds is 39. The largest absolute Gasteiger partial charge is 0.480 e. The third-order valence-corrected chi connectivity index (χ3v) is 19.9. The van der Waals surface area contributed by atoms with Crippen molar-refractivity contribution in [1.82, 2.24) is 68.3 Å². The van der Waals surface area contributed by atoms with Gasteiger partial charge in [-0.15, -0.1) is 22.7 Å². The van der Waals surface area contributed by atoms with Crippen LogP contribution in [0.4, 0.5) is 0 Å². The molecule has 6 aromatic rings. The molecule has 0 aliphatic carbocycles. The van der Waals surface area contributed by atoms with Crippen LogP contribution in [0.1, 0.15) is 78.7 Å². The van der Waals surface area contributed by atoms with Crippen molar-refractivity contribution in [2.75, 3.05) is 45.9 Å². The number of hydrogen-bond donors (Lipinski definition) is 20. The molecular formula is C72H93N19O14S2. The number of carbonyl (C=O) groups excluding carboxylic acids is 10. The zero-order chi connectivity index (χ0) is 77.1. The molecule has 0 saturated carbocycles. The molecule has 107 heavy (non-hydrogen) atoms. The molecule has 0 spiro atoms. The maximum absolute atomic E-state index is 14.9. The Bertz CT molecular complexity index is 4080. The fourth-order valence-corrected chi connectivity index (χ4v) is 14.4. The fourth-order valence-electron chi connectivity index (χ4n) is 12.9. The highest BCUT2D eigenvalue weighted by Gasteiger charge is 2.46. The van der Waals surface area contributed by atoms with Crippen LogP contribution in [0.5, 0.6) is 0 Å². The number of carboxylic acid groups (broad SMARTS) is 1.